The molecule has 3 aliphatic rings. The summed E-state index contributed by atoms with van der Waals surface area (Å²) >= 11 is 0. The molecular formula is C29H30N10O3. The van der Waals surface area contributed by atoms with Crippen molar-refractivity contribution in [2.75, 3.05) is 28.6 Å². The van der Waals surface area contributed by atoms with Gasteiger partial charge in [0.15, 0.2) is 5.65 Å². The van der Waals surface area contributed by atoms with Crippen molar-refractivity contribution < 1.29 is 14.4 Å². The Morgan fingerprint density at radius 1 is 1.07 bits per heavy atom. The fourth-order valence-electron chi connectivity index (χ4n) is 5.46. The minimum Gasteiger partial charge on any atom is -0.364 e. The number of hydrogen-bond acceptors (Lipinski definition) is 9. The third kappa shape index (κ3) is 4.91. The average Bonchev–Trinajstić information content (AvgIpc) is 3.90. The summed E-state index contributed by atoms with van der Waals surface area (Å²) in [5, 5.41) is 6.13. The van der Waals surface area contributed by atoms with Crippen molar-refractivity contribution in [3.63, 3.8) is 0 Å². The highest BCUT2D eigenvalue weighted by molar-refractivity contribution is 6.13. The fourth-order valence-corrected chi connectivity index (χ4v) is 5.46. The number of imide groups is 1. The molecule has 4 aromatic heterocycles. The molecule has 0 bridgehead atoms. The van der Waals surface area contributed by atoms with Gasteiger partial charge in [0, 0.05) is 48.7 Å². The van der Waals surface area contributed by atoms with Crippen LogP contribution in [0.25, 0.3) is 5.65 Å². The van der Waals surface area contributed by atoms with Crippen LogP contribution >= 0.6 is 0 Å². The van der Waals surface area contributed by atoms with Crippen LogP contribution in [0.5, 0.6) is 0 Å². The fraction of sp³-hybridized carbons (Fsp3) is 0.379. The van der Waals surface area contributed by atoms with Gasteiger partial charge in [-0.3, -0.25) is 19.4 Å². The van der Waals surface area contributed by atoms with E-state index in [1.807, 2.05) is 29.7 Å². The van der Waals surface area contributed by atoms with E-state index >= 15 is 0 Å². The van der Waals surface area contributed by atoms with E-state index < -0.39 is 0 Å². The van der Waals surface area contributed by atoms with Gasteiger partial charge in [-0.15, -0.1) is 0 Å². The summed E-state index contributed by atoms with van der Waals surface area (Å²) < 4.78 is 1.93. The minimum atomic E-state index is -0.320. The zero-order valence-electron chi connectivity index (χ0n) is 23.3. The normalized spacial score (nSPS) is 20.0. The second kappa shape index (κ2) is 10.2. The molecule has 5 heterocycles. The predicted molar refractivity (Wildman–Crippen MR) is 153 cm³/mol. The second-order valence-corrected chi connectivity index (χ2v) is 11.0. The number of nitrogens with one attached hydrogen (secondary N) is 2. The Morgan fingerprint density at radius 2 is 1.90 bits per heavy atom. The van der Waals surface area contributed by atoms with E-state index in [1.165, 1.54) is 16.1 Å². The van der Waals surface area contributed by atoms with E-state index in [0.29, 0.717) is 54.2 Å². The Labute approximate surface area is 241 Å². The number of carbonyl (C=O) groups excluding carboxylic acids is 3. The Bertz CT molecular complexity index is 1730. The number of nitrogens with zero attached hydrogens (tertiary/aromatic N) is 8. The van der Waals surface area contributed by atoms with E-state index in [9.17, 15) is 14.4 Å². The largest absolute Gasteiger partial charge is 0.364 e. The smallest absolute Gasteiger partial charge is 0.331 e. The highest BCUT2D eigenvalue weighted by Gasteiger charge is 2.46. The van der Waals surface area contributed by atoms with Crippen molar-refractivity contribution in [3.05, 3.63) is 65.9 Å². The zero-order valence-corrected chi connectivity index (χ0v) is 23.3. The van der Waals surface area contributed by atoms with Crippen molar-refractivity contribution in [2.24, 2.45) is 5.92 Å². The van der Waals surface area contributed by atoms with E-state index in [1.54, 1.807) is 19.2 Å². The molecule has 4 amide bonds. The standard InChI is InChI=1S/C29H30N10O3/c1-3-38-25(40)14-39(29(38)42)22-8-18(17-4-5-17)12-37-13-19(35-27(22)37)11-31-23-10-24(33-15-32-23)36-28(41)21-9-20(21)26-30-7-6-16(2)34-26/h6-8,10,12-13,15,17,20-21H,3-5,9,11,14H2,1-2H3,(H2,31,32,33,36,41)/t20-,21-/m0/s1. The van der Waals surface area contributed by atoms with Crippen LogP contribution < -0.4 is 15.5 Å². The molecule has 13 heteroatoms. The number of aromatic nitrogens is 6. The molecular weight excluding hydrogens is 536 g/mol. The number of anilines is 3. The van der Waals surface area contributed by atoms with Crippen LogP contribution in [-0.2, 0) is 16.1 Å². The average molecular weight is 567 g/mol. The lowest BCUT2D eigenvalue weighted by molar-refractivity contribution is -0.124. The Morgan fingerprint density at radius 3 is 2.67 bits per heavy atom. The maximum atomic E-state index is 13.0. The van der Waals surface area contributed by atoms with Gasteiger partial charge in [0.25, 0.3) is 5.91 Å². The SMILES string of the molecule is CCN1C(=O)CN(c2cc(C3CC3)cn3cc(CNc4cc(NC(=O)[C@H]5C[C@@H]5c5nccc(C)n5)ncn4)nc23)C1=O. The third-order valence-corrected chi connectivity index (χ3v) is 7.96. The van der Waals surface area contributed by atoms with Crippen molar-refractivity contribution in [2.45, 2.75) is 51.5 Å². The van der Waals surface area contributed by atoms with Gasteiger partial charge in [-0.2, -0.15) is 0 Å². The molecule has 1 aliphatic heterocycles. The monoisotopic (exact) mass is 566 g/mol. The van der Waals surface area contributed by atoms with Crippen molar-refractivity contribution in [1.82, 2.24) is 34.2 Å². The maximum absolute atomic E-state index is 13.0. The summed E-state index contributed by atoms with van der Waals surface area (Å²) in [5.41, 5.74) is 4.00. The molecule has 2 atom stereocenters. The van der Waals surface area contributed by atoms with Crippen LogP contribution in [0.2, 0.25) is 0 Å². The van der Waals surface area contributed by atoms with E-state index in [0.717, 1.165) is 29.8 Å². The molecule has 1 saturated heterocycles. The number of imidazole rings is 1. The van der Waals surface area contributed by atoms with Crippen molar-refractivity contribution >= 4 is 40.8 Å². The van der Waals surface area contributed by atoms with E-state index in [-0.39, 0.29) is 36.2 Å². The van der Waals surface area contributed by atoms with Gasteiger partial charge in [-0.1, -0.05) is 0 Å². The first-order valence-corrected chi connectivity index (χ1v) is 14.2. The van der Waals surface area contributed by atoms with E-state index in [2.05, 4.69) is 36.8 Å². The van der Waals surface area contributed by atoms with E-state index in [4.69, 9.17) is 4.98 Å². The molecule has 13 nitrogen and oxygen atoms in total. The highest BCUT2D eigenvalue weighted by Crippen LogP contribution is 2.46. The summed E-state index contributed by atoms with van der Waals surface area (Å²) in [4.78, 5) is 63.1. The van der Waals surface area contributed by atoms with Gasteiger partial charge in [-0.25, -0.2) is 29.7 Å². The first-order chi connectivity index (χ1) is 20.4. The summed E-state index contributed by atoms with van der Waals surface area (Å²) in [5.74, 6) is 1.59. The Balaban J connectivity index is 1.05. The topological polar surface area (TPSA) is 151 Å². The highest BCUT2D eigenvalue weighted by atomic mass is 16.2. The zero-order chi connectivity index (χ0) is 29.0. The molecule has 0 aromatic carbocycles. The van der Waals surface area contributed by atoms with Crippen LogP contribution in [0.1, 0.15) is 60.8 Å². The number of urea groups is 1. The maximum Gasteiger partial charge on any atom is 0.331 e. The first kappa shape index (κ1) is 26.0. The number of fused-ring (bicyclic) bond motifs is 1. The third-order valence-electron chi connectivity index (χ3n) is 7.96. The van der Waals surface area contributed by atoms with Crippen LogP contribution in [0.3, 0.4) is 0 Å². The van der Waals surface area contributed by atoms with Gasteiger partial charge in [0.05, 0.1) is 17.9 Å². The quantitative estimate of drug-likeness (QED) is 0.291. The molecule has 4 aromatic rings. The molecule has 2 N–H and O–H groups in total. The van der Waals surface area contributed by atoms with Gasteiger partial charge in [0.2, 0.25) is 5.91 Å². The number of carbonyl (C=O) groups is 3. The van der Waals surface area contributed by atoms with Crippen LogP contribution in [0.15, 0.2) is 43.1 Å². The minimum absolute atomic E-state index is 0.00590. The number of likely N-dealkylation sites (N-methyl/N-ethyl adjacent to an activating group) is 1. The van der Waals surface area contributed by atoms with Crippen LogP contribution in [0, 0.1) is 12.8 Å². The molecule has 214 valence electrons. The number of pyridine rings is 1. The predicted octanol–water partition coefficient (Wildman–Crippen LogP) is 3.24. The molecule has 0 unspecified atom stereocenters. The van der Waals surface area contributed by atoms with Crippen molar-refractivity contribution in [1.29, 1.82) is 0 Å². The summed E-state index contributed by atoms with van der Waals surface area (Å²) in [6, 6.07) is 5.19. The summed E-state index contributed by atoms with van der Waals surface area (Å²) in [6.07, 6.45) is 10.0. The van der Waals surface area contributed by atoms with Gasteiger partial charge in [-0.05, 0) is 56.7 Å². The van der Waals surface area contributed by atoms with Gasteiger partial charge in [0.1, 0.15) is 30.3 Å². The number of rotatable bonds is 9. The molecule has 7 rings (SSSR count). The Hall–Kier alpha value is -4.94. The first-order valence-electron chi connectivity index (χ1n) is 14.2. The lowest BCUT2D eigenvalue weighted by Crippen LogP contribution is -2.33. The Kier molecular flexibility index (Phi) is 6.29. The lowest BCUT2D eigenvalue weighted by atomic mass is 10.1. The summed E-state index contributed by atoms with van der Waals surface area (Å²) in [7, 11) is 0. The second-order valence-electron chi connectivity index (χ2n) is 11.0. The van der Waals surface area contributed by atoms with Gasteiger partial charge < -0.3 is 15.0 Å². The van der Waals surface area contributed by atoms with Gasteiger partial charge >= 0.3 is 6.03 Å². The van der Waals surface area contributed by atoms with Crippen LogP contribution in [0.4, 0.5) is 22.1 Å². The molecule has 3 fully saturated rings. The molecule has 2 aliphatic carbocycles. The van der Waals surface area contributed by atoms with Crippen molar-refractivity contribution in [3.8, 4) is 0 Å². The number of amides is 4. The summed E-state index contributed by atoms with van der Waals surface area (Å²) in [6.45, 7) is 4.40. The number of hydrogen-bond donors (Lipinski definition) is 2. The van der Waals surface area contributed by atoms with Crippen LogP contribution in [-0.4, -0.2) is 65.2 Å². The molecule has 0 radical (unpaired) electrons. The molecule has 2 saturated carbocycles. The molecule has 0 spiro atoms. The lowest BCUT2D eigenvalue weighted by Gasteiger charge is -2.18. The number of aryl methyl sites for hydroxylation is 1. The molecule has 42 heavy (non-hydrogen) atoms.